The van der Waals surface area contributed by atoms with E-state index in [1.54, 1.807) is 13.1 Å². The maximum Gasteiger partial charge on any atom is 0.251 e. The van der Waals surface area contributed by atoms with Crippen LogP contribution in [0.25, 0.3) is 0 Å². The highest BCUT2D eigenvalue weighted by Crippen LogP contribution is 2.16. The SMILES string of the molecule is Cc1cc(=O)n(C2CCNC2=O)cc1N. The van der Waals surface area contributed by atoms with Crippen LogP contribution in [0.5, 0.6) is 0 Å². The number of nitrogens with one attached hydrogen (secondary N) is 1. The van der Waals surface area contributed by atoms with Gasteiger partial charge in [0.25, 0.3) is 5.56 Å². The zero-order chi connectivity index (χ0) is 11.0. The highest BCUT2D eigenvalue weighted by molar-refractivity contribution is 5.82. The first-order valence-corrected chi connectivity index (χ1v) is 4.85. The van der Waals surface area contributed by atoms with Gasteiger partial charge < -0.3 is 15.6 Å². The first kappa shape index (κ1) is 9.76. The van der Waals surface area contributed by atoms with Gasteiger partial charge >= 0.3 is 0 Å². The fourth-order valence-corrected chi connectivity index (χ4v) is 1.75. The zero-order valence-electron chi connectivity index (χ0n) is 8.49. The van der Waals surface area contributed by atoms with Crippen molar-refractivity contribution in [2.24, 2.45) is 0 Å². The van der Waals surface area contributed by atoms with Crippen molar-refractivity contribution in [1.29, 1.82) is 0 Å². The van der Waals surface area contributed by atoms with Gasteiger partial charge in [-0.05, 0) is 18.9 Å². The molecule has 1 amide bonds. The number of nitrogens with two attached hydrogens (primary N) is 1. The number of pyridine rings is 1. The average Bonchev–Trinajstić information content (AvgIpc) is 2.58. The second-order valence-electron chi connectivity index (χ2n) is 3.75. The minimum absolute atomic E-state index is 0.111. The molecule has 1 unspecified atom stereocenters. The van der Waals surface area contributed by atoms with E-state index in [1.807, 2.05) is 0 Å². The molecule has 1 aliphatic rings. The van der Waals surface area contributed by atoms with Crippen molar-refractivity contribution >= 4 is 11.6 Å². The van der Waals surface area contributed by atoms with E-state index in [1.165, 1.54) is 10.6 Å². The fourth-order valence-electron chi connectivity index (χ4n) is 1.75. The number of amides is 1. The van der Waals surface area contributed by atoms with Gasteiger partial charge in [0, 0.05) is 18.8 Å². The lowest BCUT2D eigenvalue weighted by molar-refractivity contribution is -0.121. The Bertz CT molecular complexity index is 464. The molecule has 1 aromatic heterocycles. The topological polar surface area (TPSA) is 77.1 Å². The molecule has 1 atom stereocenters. The lowest BCUT2D eigenvalue weighted by Gasteiger charge is -2.12. The van der Waals surface area contributed by atoms with Gasteiger partial charge in [-0.1, -0.05) is 0 Å². The van der Waals surface area contributed by atoms with Gasteiger partial charge in [0.1, 0.15) is 6.04 Å². The number of nitrogens with zero attached hydrogens (tertiary/aromatic N) is 1. The molecule has 0 spiro atoms. The van der Waals surface area contributed by atoms with Gasteiger partial charge in [-0.2, -0.15) is 0 Å². The van der Waals surface area contributed by atoms with Crippen LogP contribution in [0.15, 0.2) is 17.1 Å². The first-order chi connectivity index (χ1) is 7.09. The average molecular weight is 207 g/mol. The minimum Gasteiger partial charge on any atom is -0.397 e. The molecule has 1 aliphatic heterocycles. The van der Waals surface area contributed by atoms with Crippen LogP contribution < -0.4 is 16.6 Å². The number of carbonyl (C=O) groups excluding carboxylic acids is 1. The van der Waals surface area contributed by atoms with Gasteiger partial charge in [0.15, 0.2) is 0 Å². The largest absolute Gasteiger partial charge is 0.397 e. The molecular weight excluding hydrogens is 194 g/mol. The first-order valence-electron chi connectivity index (χ1n) is 4.85. The Morgan fingerprint density at radius 2 is 2.27 bits per heavy atom. The number of nitrogen functional groups attached to an aromatic ring is 1. The summed E-state index contributed by atoms with van der Waals surface area (Å²) in [5.74, 6) is -0.111. The van der Waals surface area contributed by atoms with E-state index in [-0.39, 0.29) is 11.5 Å². The number of rotatable bonds is 1. The Labute approximate surface area is 86.9 Å². The number of aryl methyl sites for hydroxylation is 1. The molecule has 1 aromatic rings. The lowest BCUT2D eigenvalue weighted by atomic mass is 10.2. The van der Waals surface area contributed by atoms with Crippen LogP contribution in [-0.4, -0.2) is 17.0 Å². The van der Waals surface area contributed by atoms with Gasteiger partial charge in [-0.25, -0.2) is 0 Å². The molecule has 15 heavy (non-hydrogen) atoms. The molecule has 2 rings (SSSR count). The smallest absolute Gasteiger partial charge is 0.251 e. The monoisotopic (exact) mass is 207 g/mol. The van der Waals surface area contributed by atoms with Crippen LogP contribution in [0.3, 0.4) is 0 Å². The van der Waals surface area contributed by atoms with E-state index in [2.05, 4.69) is 5.32 Å². The second-order valence-corrected chi connectivity index (χ2v) is 3.75. The molecule has 5 heteroatoms. The van der Waals surface area contributed by atoms with Crippen molar-refractivity contribution in [3.05, 3.63) is 28.2 Å². The summed E-state index contributed by atoms with van der Waals surface area (Å²) in [5.41, 5.74) is 6.82. The number of hydrogen-bond acceptors (Lipinski definition) is 3. The summed E-state index contributed by atoms with van der Waals surface area (Å²) in [5, 5.41) is 2.69. The molecular formula is C10H13N3O2. The van der Waals surface area contributed by atoms with Crippen LogP contribution in [0.4, 0.5) is 5.69 Å². The fraction of sp³-hybridized carbons (Fsp3) is 0.400. The number of carbonyl (C=O) groups is 1. The van der Waals surface area contributed by atoms with Crippen LogP contribution in [0.2, 0.25) is 0 Å². The number of aromatic nitrogens is 1. The van der Waals surface area contributed by atoms with E-state index < -0.39 is 6.04 Å². The van der Waals surface area contributed by atoms with E-state index >= 15 is 0 Å². The summed E-state index contributed by atoms with van der Waals surface area (Å²) in [6.45, 7) is 2.39. The van der Waals surface area contributed by atoms with Gasteiger partial charge in [0.2, 0.25) is 5.91 Å². The quantitative estimate of drug-likeness (QED) is 0.669. The van der Waals surface area contributed by atoms with Crippen LogP contribution >= 0.6 is 0 Å². The maximum absolute atomic E-state index is 11.7. The molecule has 80 valence electrons. The van der Waals surface area contributed by atoms with Crippen molar-refractivity contribution in [2.45, 2.75) is 19.4 Å². The minimum atomic E-state index is -0.402. The van der Waals surface area contributed by atoms with E-state index in [0.717, 1.165) is 5.56 Å². The van der Waals surface area contributed by atoms with Crippen LogP contribution in [0.1, 0.15) is 18.0 Å². The summed E-state index contributed by atoms with van der Waals surface area (Å²) >= 11 is 0. The molecule has 1 fully saturated rings. The Kier molecular flexibility index (Phi) is 2.22. The van der Waals surface area contributed by atoms with Crippen molar-refractivity contribution < 1.29 is 4.79 Å². The number of anilines is 1. The summed E-state index contributed by atoms with van der Waals surface area (Å²) in [4.78, 5) is 23.1. The predicted molar refractivity (Wildman–Crippen MR) is 56.5 cm³/mol. The third-order valence-corrected chi connectivity index (χ3v) is 2.68. The Morgan fingerprint density at radius 3 is 2.87 bits per heavy atom. The van der Waals surface area contributed by atoms with Crippen molar-refractivity contribution in [3.8, 4) is 0 Å². The molecule has 0 bridgehead atoms. The summed E-state index contributed by atoms with van der Waals surface area (Å²) in [6.07, 6.45) is 2.19. The standard InChI is InChI=1S/C10H13N3O2/c1-6-4-9(14)13(5-7(6)11)8-2-3-12-10(8)15/h4-5,8H,2-3,11H2,1H3,(H,12,15). The lowest BCUT2D eigenvalue weighted by Crippen LogP contribution is -2.30. The molecule has 0 radical (unpaired) electrons. The number of hydrogen-bond donors (Lipinski definition) is 2. The zero-order valence-corrected chi connectivity index (χ0v) is 8.49. The molecule has 3 N–H and O–H groups in total. The Balaban J connectivity index is 2.48. The van der Waals surface area contributed by atoms with Gasteiger partial charge in [0.05, 0.1) is 5.69 Å². The highest BCUT2D eigenvalue weighted by Gasteiger charge is 2.26. The van der Waals surface area contributed by atoms with E-state index in [9.17, 15) is 9.59 Å². The highest BCUT2D eigenvalue weighted by atomic mass is 16.2. The molecule has 5 nitrogen and oxygen atoms in total. The van der Waals surface area contributed by atoms with Crippen molar-refractivity contribution in [1.82, 2.24) is 9.88 Å². The maximum atomic E-state index is 11.7. The Morgan fingerprint density at radius 1 is 1.53 bits per heavy atom. The molecule has 2 heterocycles. The summed E-state index contributed by atoms with van der Waals surface area (Å²) in [7, 11) is 0. The summed E-state index contributed by atoms with van der Waals surface area (Å²) in [6, 6.07) is 1.06. The second kappa shape index (κ2) is 3.42. The normalized spacial score (nSPS) is 20.3. The van der Waals surface area contributed by atoms with Crippen LogP contribution in [0, 0.1) is 6.92 Å². The van der Waals surface area contributed by atoms with Crippen LogP contribution in [-0.2, 0) is 4.79 Å². The third kappa shape index (κ3) is 1.60. The molecule has 0 aromatic carbocycles. The molecule has 0 saturated carbocycles. The third-order valence-electron chi connectivity index (χ3n) is 2.68. The van der Waals surface area contributed by atoms with Gasteiger partial charge in [-0.3, -0.25) is 9.59 Å². The molecule has 0 aliphatic carbocycles. The van der Waals surface area contributed by atoms with Gasteiger partial charge in [-0.15, -0.1) is 0 Å². The Hall–Kier alpha value is -1.78. The van der Waals surface area contributed by atoms with Crippen molar-refractivity contribution in [2.75, 3.05) is 12.3 Å². The predicted octanol–water partition coefficient (Wildman–Crippen LogP) is -0.200. The summed E-state index contributed by atoms with van der Waals surface area (Å²) < 4.78 is 1.41. The molecule has 1 saturated heterocycles. The van der Waals surface area contributed by atoms with Crippen molar-refractivity contribution in [3.63, 3.8) is 0 Å². The van der Waals surface area contributed by atoms with E-state index in [4.69, 9.17) is 5.73 Å². The van der Waals surface area contributed by atoms with E-state index in [0.29, 0.717) is 18.7 Å².